The first-order chi connectivity index (χ1) is 7.05. The number of rotatable bonds is 7. The molecular weight excluding hydrogens is 194 g/mol. The van der Waals surface area contributed by atoms with E-state index in [2.05, 4.69) is 5.32 Å². The van der Waals surface area contributed by atoms with Gasteiger partial charge >= 0.3 is 5.97 Å². The van der Waals surface area contributed by atoms with Gasteiger partial charge in [-0.2, -0.15) is 0 Å². The quantitative estimate of drug-likeness (QED) is 0.502. The van der Waals surface area contributed by atoms with E-state index in [4.69, 9.17) is 5.11 Å². The van der Waals surface area contributed by atoms with Gasteiger partial charge in [0.1, 0.15) is 5.41 Å². The summed E-state index contributed by atoms with van der Waals surface area (Å²) in [5, 5.41) is 11.8. The number of aliphatic carboxylic acids is 1. The van der Waals surface area contributed by atoms with Crippen molar-refractivity contribution in [3.05, 3.63) is 0 Å². The molecule has 0 aromatic rings. The minimum absolute atomic E-state index is 0.330. The number of nitrogens with one attached hydrogen (secondary N) is 1. The van der Waals surface area contributed by atoms with Crippen LogP contribution in [0.2, 0.25) is 0 Å². The first kappa shape index (κ1) is 13.9. The zero-order valence-electron chi connectivity index (χ0n) is 9.80. The van der Waals surface area contributed by atoms with Crippen molar-refractivity contribution in [2.24, 2.45) is 5.41 Å². The van der Waals surface area contributed by atoms with Crippen molar-refractivity contribution in [1.29, 1.82) is 0 Å². The summed E-state index contributed by atoms with van der Waals surface area (Å²) in [5.41, 5.74) is -1.24. The number of carboxylic acids is 1. The number of carboxylic acid groups (broad SMARTS) is 1. The van der Waals surface area contributed by atoms with Gasteiger partial charge in [0.05, 0.1) is 0 Å². The number of unbranched alkanes of at least 4 members (excludes halogenated alkanes) is 1. The summed E-state index contributed by atoms with van der Waals surface area (Å²) in [7, 11) is 0. The first-order valence-corrected chi connectivity index (χ1v) is 5.56. The fourth-order valence-corrected chi connectivity index (χ4v) is 1.52. The second kappa shape index (κ2) is 6.43. The average Bonchev–Trinajstić information content (AvgIpc) is 2.20. The highest BCUT2D eigenvalue weighted by Crippen LogP contribution is 2.26. The fraction of sp³-hybridized carbons (Fsp3) is 0.818. The van der Waals surface area contributed by atoms with Gasteiger partial charge in [-0.15, -0.1) is 0 Å². The highest BCUT2D eigenvalue weighted by molar-refractivity contribution is 6.01. The summed E-state index contributed by atoms with van der Waals surface area (Å²) in [6.07, 6.45) is 2.53. The van der Waals surface area contributed by atoms with Crippen LogP contribution >= 0.6 is 0 Å². The Balaban J connectivity index is 4.49. The topological polar surface area (TPSA) is 66.4 Å². The number of hydrogen-bond donors (Lipinski definition) is 2. The third-order valence-corrected chi connectivity index (χ3v) is 2.87. The third kappa shape index (κ3) is 3.22. The molecule has 0 saturated carbocycles. The molecule has 0 unspecified atom stereocenters. The largest absolute Gasteiger partial charge is 0.480 e. The molecule has 0 aliphatic carbocycles. The van der Waals surface area contributed by atoms with E-state index in [1.54, 1.807) is 13.8 Å². The Morgan fingerprint density at radius 1 is 1.20 bits per heavy atom. The molecule has 0 atom stereocenters. The number of hydrogen-bond acceptors (Lipinski definition) is 2. The van der Waals surface area contributed by atoms with Crippen molar-refractivity contribution in [2.75, 3.05) is 6.54 Å². The Kier molecular flexibility index (Phi) is 5.97. The summed E-state index contributed by atoms with van der Waals surface area (Å²) < 4.78 is 0. The zero-order chi connectivity index (χ0) is 11.9. The lowest BCUT2D eigenvalue weighted by atomic mass is 9.81. The summed E-state index contributed by atoms with van der Waals surface area (Å²) in [4.78, 5) is 22.8. The molecule has 2 N–H and O–H groups in total. The normalized spacial score (nSPS) is 11.1. The Bertz CT molecular complexity index is 222. The van der Waals surface area contributed by atoms with Gasteiger partial charge < -0.3 is 10.4 Å². The van der Waals surface area contributed by atoms with E-state index in [0.717, 1.165) is 12.8 Å². The Hall–Kier alpha value is -1.06. The Morgan fingerprint density at radius 3 is 2.07 bits per heavy atom. The number of carbonyl (C=O) groups is 2. The monoisotopic (exact) mass is 215 g/mol. The van der Waals surface area contributed by atoms with Crippen LogP contribution in [-0.2, 0) is 9.59 Å². The summed E-state index contributed by atoms with van der Waals surface area (Å²) >= 11 is 0. The van der Waals surface area contributed by atoms with Gasteiger partial charge in [0.25, 0.3) is 0 Å². The van der Waals surface area contributed by atoms with E-state index < -0.39 is 11.4 Å². The van der Waals surface area contributed by atoms with Crippen molar-refractivity contribution < 1.29 is 14.7 Å². The van der Waals surface area contributed by atoms with Gasteiger partial charge in [-0.25, -0.2) is 0 Å². The van der Waals surface area contributed by atoms with Gasteiger partial charge in [-0.3, -0.25) is 9.59 Å². The van der Waals surface area contributed by atoms with E-state index in [1.807, 2.05) is 6.92 Å². The maximum atomic E-state index is 11.8. The lowest BCUT2D eigenvalue weighted by Gasteiger charge is -2.25. The van der Waals surface area contributed by atoms with Crippen LogP contribution in [0.3, 0.4) is 0 Å². The number of amides is 1. The Morgan fingerprint density at radius 2 is 1.73 bits per heavy atom. The lowest BCUT2D eigenvalue weighted by Crippen LogP contribution is -2.46. The molecule has 0 spiro atoms. The molecule has 4 heteroatoms. The third-order valence-electron chi connectivity index (χ3n) is 2.87. The average molecular weight is 215 g/mol. The second-order valence-electron chi connectivity index (χ2n) is 3.70. The smallest absolute Gasteiger partial charge is 0.319 e. The molecule has 0 bridgehead atoms. The van der Waals surface area contributed by atoms with Crippen molar-refractivity contribution in [3.63, 3.8) is 0 Å². The predicted octanol–water partition coefficient (Wildman–Crippen LogP) is 1.79. The molecule has 15 heavy (non-hydrogen) atoms. The van der Waals surface area contributed by atoms with Crippen LogP contribution in [0.25, 0.3) is 0 Å². The molecule has 0 rings (SSSR count). The van der Waals surface area contributed by atoms with E-state index in [0.29, 0.717) is 19.4 Å². The standard InChI is InChI=1S/C11H21NO3/c1-4-7-8-12-9(13)11(5-2,6-3)10(14)15/h4-8H2,1-3H3,(H,12,13)(H,14,15). The van der Waals surface area contributed by atoms with Gasteiger partial charge in [-0.1, -0.05) is 27.2 Å². The van der Waals surface area contributed by atoms with Crippen LogP contribution in [-0.4, -0.2) is 23.5 Å². The molecular formula is C11H21NO3. The predicted molar refractivity (Wildman–Crippen MR) is 58.6 cm³/mol. The molecule has 0 aromatic carbocycles. The minimum atomic E-state index is -1.24. The van der Waals surface area contributed by atoms with E-state index in [1.165, 1.54) is 0 Å². The minimum Gasteiger partial charge on any atom is -0.480 e. The number of carbonyl (C=O) groups excluding carboxylic acids is 1. The van der Waals surface area contributed by atoms with Crippen LogP contribution in [0.5, 0.6) is 0 Å². The van der Waals surface area contributed by atoms with Gasteiger partial charge in [0.15, 0.2) is 0 Å². The molecule has 0 aromatic heterocycles. The Labute approximate surface area is 91.1 Å². The molecule has 88 valence electrons. The maximum Gasteiger partial charge on any atom is 0.319 e. The van der Waals surface area contributed by atoms with Crippen molar-refractivity contribution in [2.45, 2.75) is 46.5 Å². The molecule has 0 fully saturated rings. The molecule has 1 amide bonds. The molecule has 0 saturated heterocycles. The highest BCUT2D eigenvalue weighted by atomic mass is 16.4. The van der Waals surface area contributed by atoms with Crippen LogP contribution < -0.4 is 5.32 Å². The van der Waals surface area contributed by atoms with E-state index in [9.17, 15) is 9.59 Å². The van der Waals surface area contributed by atoms with Crippen LogP contribution in [0, 0.1) is 5.41 Å². The summed E-state index contributed by atoms with van der Waals surface area (Å²) in [5.74, 6) is -1.38. The summed E-state index contributed by atoms with van der Waals surface area (Å²) in [6, 6.07) is 0. The van der Waals surface area contributed by atoms with Crippen molar-refractivity contribution >= 4 is 11.9 Å². The van der Waals surface area contributed by atoms with Crippen molar-refractivity contribution in [1.82, 2.24) is 5.32 Å². The first-order valence-electron chi connectivity index (χ1n) is 5.56. The zero-order valence-corrected chi connectivity index (χ0v) is 9.80. The SMILES string of the molecule is CCCCNC(=O)C(CC)(CC)C(=O)O. The molecule has 0 aliphatic heterocycles. The fourth-order valence-electron chi connectivity index (χ4n) is 1.52. The van der Waals surface area contributed by atoms with Gasteiger partial charge in [0.2, 0.25) is 5.91 Å². The van der Waals surface area contributed by atoms with Crippen LogP contribution in [0.1, 0.15) is 46.5 Å². The summed E-state index contributed by atoms with van der Waals surface area (Å²) in [6.45, 7) is 6.05. The molecule has 4 nitrogen and oxygen atoms in total. The molecule has 0 aliphatic rings. The second-order valence-corrected chi connectivity index (χ2v) is 3.70. The van der Waals surface area contributed by atoms with Gasteiger partial charge in [0, 0.05) is 6.54 Å². The maximum absolute atomic E-state index is 11.8. The van der Waals surface area contributed by atoms with E-state index in [-0.39, 0.29) is 5.91 Å². The van der Waals surface area contributed by atoms with Gasteiger partial charge in [-0.05, 0) is 19.3 Å². The molecule has 0 heterocycles. The van der Waals surface area contributed by atoms with E-state index >= 15 is 0 Å². The lowest BCUT2D eigenvalue weighted by molar-refractivity contribution is -0.156. The highest BCUT2D eigenvalue weighted by Gasteiger charge is 2.42. The van der Waals surface area contributed by atoms with Crippen LogP contribution in [0.4, 0.5) is 0 Å². The van der Waals surface area contributed by atoms with Crippen molar-refractivity contribution in [3.8, 4) is 0 Å². The van der Waals surface area contributed by atoms with Crippen LogP contribution in [0.15, 0.2) is 0 Å². The molecule has 0 radical (unpaired) electrons.